The van der Waals surface area contributed by atoms with E-state index in [1.165, 1.54) is 6.08 Å². The zero-order chi connectivity index (χ0) is 26.0. The van der Waals surface area contributed by atoms with E-state index in [1.54, 1.807) is 18.2 Å². The van der Waals surface area contributed by atoms with E-state index in [-0.39, 0.29) is 17.6 Å². The Bertz CT molecular complexity index is 1040. The molecule has 0 amide bonds. The number of aliphatic hydroxyl groups excluding tert-OH is 4. The molecule has 5 N–H and O–H groups in total. The molecule has 1 aromatic carbocycles. The first-order chi connectivity index (χ1) is 17.2. The maximum absolute atomic E-state index is 12.4. The number of hydrogen-bond donors (Lipinski definition) is 5. The van der Waals surface area contributed by atoms with Crippen LogP contribution in [0.3, 0.4) is 0 Å². The van der Waals surface area contributed by atoms with E-state index >= 15 is 0 Å². The van der Waals surface area contributed by atoms with Crippen molar-refractivity contribution in [2.45, 2.75) is 55.1 Å². The summed E-state index contributed by atoms with van der Waals surface area (Å²) in [4.78, 5) is 24.1. The lowest BCUT2D eigenvalue weighted by atomic mass is 9.81. The van der Waals surface area contributed by atoms with E-state index in [0.717, 1.165) is 11.8 Å². The minimum absolute atomic E-state index is 0.124. The summed E-state index contributed by atoms with van der Waals surface area (Å²) in [5.74, 6) is -1.82. The van der Waals surface area contributed by atoms with Crippen molar-refractivity contribution in [2.24, 2.45) is 5.92 Å². The predicted octanol–water partition coefficient (Wildman–Crippen LogP) is -0.826. The zero-order valence-electron chi connectivity index (χ0n) is 19.1. The van der Waals surface area contributed by atoms with Gasteiger partial charge in [-0.15, -0.1) is 0 Å². The van der Waals surface area contributed by atoms with Crippen LogP contribution in [0.15, 0.2) is 60.4 Å². The summed E-state index contributed by atoms with van der Waals surface area (Å²) >= 11 is 0. The van der Waals surface area contributed by atoms with Crippen LogP contribution in [0.5, 0.6) is 0 Å². The Morgan fingerprint density at radius 1 is 1.14 bits per heavy atom. The third-order valence-corrected chi connectivity index (χ3v) is 6.64. The van der Waals surface area contributed by atoms with Gasteiger partial charge < -0.3 is 44.5 Å². The van der Waals surface area contributed by atoms with Crippen molar-refractivity contribution in [1.82, 2.24) is 0 Å². The zero-order valence-corrected chi connectivity index (χ0v) is 19.1. The molecule has 9 unspecified atom stereocenters. The SMILES string of the molecule is C=C1C(OC(=O)C=Cc2ccccc2)CC2(O)C(C=O)=COC(OC3OC(CO)C(O)C(O)C3O)C12. The number of esters is 1. The van der Waals surface area contributed by atoms with E-state index in [0.29, 0.717) is 6.29 Å². The number of fused-ring (bicyclic) bond motifs is 1. The molecule has 3 aliphatic rings. The predicted molar refractivity (Wildman–Crippen MR) is 121 cm³/mol. The van der Waals surface area contributed by atoms with E-state index in [4.69, 9.17) is 18.9 Å². The Kier molecular flexibility index (Phi) is 7.71. The first-order valence-electron chi connectivity index (χ1n) is 11.3. The average molecular weight is 504 g/mol. The molecule has 36 heavy (non-hydrogen) atoms. The molecule has 194 valence electrons. The highest BCUT2D eigenvalue weighted by Crippen LogP contribution is 2.50. The van der Waals surface area contributed by atoms with E-state index in [2.05, 4.69) is 6.58 Å². The fourth-order valence-electron chi connectivity index (χ4n) is 4.64. The summed E-state index contributed by atoms with van der Waals surface area (Å²) in [7, 11) is 0. The molecule has 1 saturated carbocycles. The normalized spacial score (nSPS) is 38.2. The molecule has 2 heterocycles. The van der Waals surface area contributed by atoms with Gasteiger partial charge in [-0.05, 0) is 17.2 Å². The summed E-state index contributed by atoms with van der Waals surface area (Å²) in [5, 5.41) is 51.2. The molecule has 2 aliphatic heterocycles. The Labute approximate surface area is 206 Å². The fraction of sp³-hybridized carbons (Fsp3) is 0.440. The number of ether oxygens (including phenoxy) is 4. The topological polar surface area (TPSA) is 172 Å². The van der Waals surface area contributed by atoms with Crippen molar-refractivity contribution in [3.8, 4) is 0 Å². The number of hydrogen-bond acceptors (Lipinski definition) is 11. The molecule has 0 spiro atoms. The Morgan fingerprint density at radius 2 is 1.86 bits per heavy atom. The minimum atomic E-state index is -1.87. The monoisotopic (exact) mass is 504 g/mol. The standard InChI is InChI=1S/C25H28O11/c1-13-16(34-18(28)8-7-14-5-3-2-4-6-14)9-25(32)15(10-26)12-33-23(19(13)25)36-24-22(31)21(30)20(29)17(11-27)35-24/h2-8,10,12,16-17,19-24,27,29-32H,1,9,11H2. The number of rotatable bonds is 7. The Balaban J connectivity index is 1.52. The lowest BCUT2D eigenvalue weighted by Crippen LogP contribution is -2.60. The van der Waals surface area contributed by atoms with Crippen LogP contribution < -0.4 is 0 Å². The van der Waals surface area contributed by atoms with Crippen LogP contribution in [-0.2, 0) is 28.5 Å². The van der Waals surface area contributed by atoms with E-state index in [1.807, 2.05) is 18.2 Å². The van der Waals surface area contributed by atoms with Crippen LogP contribution in [0.4, 0.5) is 0 Å². The highest BCUT2D eigenvalue weighted by molar-refractivity contribution is 5.87. The third-order valence-electron chi connectivity index (χ3n) is 6.64. The van der Waals surface area contributed by atoms with E-state index in [9.17, 15) is 35.1 Å². The number of benzene rings is 1. The molecule has 0 aromatic heterocycles. The average Bonchev–Trinajstić information content (AvgIpc) is 3.13. The van der Waals surface area contributed by atoms with Gasteiger partial charge in [0.2, 0.25) is 6.29 Å². The van der Waals surface area contributed by atoms with Gasteiger partial charge >= 0.3 is 5.97 Å². The highest BCUT2D eigenvalue weighted by atomic mass is 16.8. The van der Waals surface area contributed by atoms with Gasteiger partial charge in [0, 0.05) is 12.5 Å². The first-order valence-corrected chi connectivity index (χ1v) is 11.3. The van der Waals surface area contributed by atoms with Crippen LogP contribution in [0.1, 0.15) is 12.0 Å². The quantitative estimate of drug-likeness (QED) is 0.136. The van der Waals surface area contributed by atoms with Crippen LogP contribution in [-0.4, -0.2) is 93.1 Å². The molecule has 0 bridgehead atoms. The summed E-state index contributed by atoms with van der Waals surface area (Å²) in [6.07, 6.45) is -6.20. The Morgan fingerprint density at radius 3 is 2.53 bits per heavy atom. The summed E-state index contributed by atoms with van der Waals surface area (Å²) in [6, 6.07) is 9.06. The van der Waals surface area contributed by atoms with E-state index < -0.39 is 67.2 Å². The molecule has 0 radical (unpaired) electrons. The molecule has 1 aliphatic carbocycles. The van der Waals surface area contributed by atoms with Crippen molar-refractivity contribution in [3.63, 3.8) is 0 Å². The Hall–Kier alpha value is -2.90. The first kappa shape index (κ1) is 26.2. The van der Waals surface area contributed by atoms with Gasteiger partial charge in [-0.25, -0.2) is 4.79 Å². The van der Waals surface area contributed by atoms with Gasteiger partial charge in [-0.1, -0.05) is 36.9 Å². The summed E-state index contributed by atoms with van der Waals surface area (Å²) in [6.45, 7) is 3.26. The lowest BCUT2D eigenvalue weighted by molar-refractivity contribution is -0.342. The second-order valence-corrected chi connectivity index (χ2v) is 8.88. The molecule has 11 heteroatoms. The number of aliphatic hydroxyl groups is 5. The smallest absolute Gasteiger partial charge is 0.331 e. The molecule has 9 atom stereocenters. The van der Waals surface area contributed by atoms with Gasteiger partial charge in [0.05, 0.1) is 24.4 Å². The van der Waals surface area contributed by atoms with Crippen molar-refractivity contribution in [3.05, 3.63) is 66.0 Å². The second kappa shape index (κ2) is 10.6. The summed E-state index contributed by atoms with van der Waals surface area (Å²) < 4.78 is 22.0. The largest absolute Gasteiger partial charge is 0.471 e. The van der Waals surface area contributed by atoms with Crippen molar-refractivity contribution in [2.75, 3.05) is 6.61 Å². The number of aldehydes is 1. The lowest BCUT2D eigenvalue weighted by Gasteiger charge is -2.44. The molecular formula is C25H28O11. The highest BCUT2D eigenvalue weighted by Gasteiger charge is 2.59. The van der Waals surface area contributed by atoms with Gasteiger partial charge in [-0.3, -0.25) is 4.79 Å². The number of carbonyl (C=O) groups excluding carboxylic acids is 2. The van der Waals surface area contributed by atoms with Crippen molar-refractivity contribution < 1.29 is 54.1 Å². The van der Waals surface area contributed by atoms with Crippen LogP contribution in [0.2, 0.25) is 0 Å². The maximum atomic E-state index is 12.4. The van der Waals surface area contributed by atoms with Gasteiger partial charge in [0.1, 0.15) is 36.1 Å². The minimum Gasteiger partial charge on any atom is -0.471 e. The maximum Gasteiger partial charge on any atom is 0.331 e. The molecule has 11 nitrogen and oxygen atoms in total. The van der Waals surface area contributed by atoms with Crippen LogP contribution in [0.25, 0.3) is 6.08 Å². The van der Waals surface area contributed by atoms with Crippen LogP contribution >= 0.6 is 0 Å². The fourth-order valence-corrected chi connectivity index (χ4v) is 4.64. The van der Waals surface area contributed by atoms with Gasteiger partial charge in [-0.2, -0.15) is 0 Å². The summed E-state index contributed by atoms with van der Waals surface area (Å²) in [5.41, 5.74) is -1.02. The van der Waals surface area contributed by atoms with Crippen molar-refractivity contribution in [1.29, 1.82) is 0 Å². The van der Waals surface area contributed by atoms with Gasteiger partial charge in [0.15, 0.2) is 12.6 Å². The van der Waals surface area contributed by atoms with Crippen LogP contribution in [0, 0.1) is 5.92 Å². The molecule has 1 saturated heterocycles. The molecule has 4 rings (SSSR count). The third kappa shape index (κ3) is 4.87. The molecule has 1 aromatic rings. The van der Waals surface area contributed by atoms with Crippen molar-refractivity contribution >= 4 is 18.3 Å². The number of carbonyl (C=O) groups is 2. The molecule has 2 fully saturated rings. The molecular weight excluding hydrogens is 476 g/mol. The van der Waals surface area contributed by atoms with Gasteiger partial charge in [0.25, 0.3) is 0 Å². The second-order valence-electron chi connectivity index (χ2n) is 8.88.